The van der Waals surface area contributed by atoms with Crippen molar-refractivity contribution in [1.82, 2.24) is 0 Å². The number of rotatable bonds is 4. The van der Waals surface area contributed by atoms with Gasteiger partial charge in [0.1, 0.15) is 17.4 Å². The molecule has 2 atom stereocenters. The van der Waals surface area contributed by atoms with Crippen molar-refractivity contribution in [2.24, 2.45) is 0 Å². The first-order valence-corrected chi connectivity index (χ1v) is 6.04. The van der Waals surface area contributed by atoms with Crippen LogP contribution in [0.5, 0.6) is 0 Å². The zero-order valence-electron chi connectivity index (χ0n) is 9.56. The summed E-state index contributed by atoms with van der Waals surface area (Å²) in [5.41, 5.74) is 0.659. The van der Waals surface area contributed by atoms with Gasteiger partial charge in [-0.1, -0.05) is 24.9 Å². The van der Waals surface area contributed by atoms with Crippen molar-refractivity contribution in [1.29, 1.82) is 0 Å². The van der Waals surface area contributed by atoms with Gasteiger partial charge in [-0.25, -0.2) is 0 Å². The van der Waals surface area contributed by atoms with Crippen molar-refractivity contribution in [3.63, 3.8) is 0 Å². The topological polar surface area (TPSA) is 53.6 Å². The highest BCUT2D eigenvalue weighted by atomic mass is 35.5. The van der Waals surface area contributed by atoms with Crippen molar-refractivity contribution in [2.45, 2.75) is 32.0 Å². The van der Waals surface area contributed by atoms with Gasteiger partial charge in [-0.15, -0.1) is 0 Å². The van der Waals surface area contributed by atoms with Crippen molar-refractivity contribution in [2.75, 3.05) is 0 Å². The van der Waals surface area contributed by atoms with E-state index in [1.54, 1.807) is 24.3 Å². The molecule has 1 aromatic heterocycles. The fourth-order valence-corrected chi connectivity index (χ4v) is 2.00. The Morgan fingerprint density at radius 3 is 2.76 bits per heavy atom. The molecule has 0 aliphatic carbocycles. The number of halogens is 1. The lowest BCUT2D eigenvalue weighted by Crippen LogP contribution is -2.17. The zero-order chi connectivity index (χ0) is 12.4. The lowest BCUT2D eigenvalue weighted by Gasteiger charge is -2.14. The molecule has 0 saturated carbocycles. The number of benzene rings is 1. The number of hydrogen-bond acceptors (Lipinski definition) is 3. The second-order valence-corrected chi connectivity index (χ2v) is 4.57. The summed E-state index contributed by atoms with van der Waals surface area (Å²) < 4.78 is 5.48. The largest absolute Gasteiger partial charge is 0.458 e. The molecule has 2 aromatic rings. The molecule has 0 saturated heterocycles. The van der Waals surface area contributed by atoms with E-state index in [9.17, 15) is 10.2 Å². The molecule has 0 aliphatic heterocycles. The minimum absolute atomic E-state index is 0.378. The van der Waals surface area contributed by atoms with Crippen LogP contribution in [0.25, 0.3) is 11.0 Å². The van der Waals surface area contributed by atoms with E-state index in [4.69, 9.17) is 16.0 Å². The Morgan fingerprint density at radius 1 is 1.29 bits per heavy atom. The highest BCUT2D eigenvalue weighted by Gasteiger charge is 2.21. The van der Waals surface area contributed by atoms with Crippen molar-refractivity contribution in [3.05, 3.63) is 35.0 Å². The zero-order valence-corrected chi connectivity index (χ0v) is 10.3. The highest BCUT2D eigenvalue weighted by molar-refractivity contribution is 6.31. The minimum atomic E-state index is -0.985. The molecule has 17 heavy (non-hydrogen) atoms. The summed E-state index contributed by atoms with van der Waals surface area (Å²) in [4.78, 5) is 0. The maximum atomic E-state index is 9.91. The van der Waals surface area contributed by atoms with E-state index in [-0.39, 0.29) is 0 Å². The average Bonchev–Trinajstić information content (AvgIpc) is 2.71. The maximum Gasteiger partial charge on any atom is 0.137 e. The number of aliphatic hydroxyl groups is 2. The van der Waals surface area contributed by atoms with Crippen LogP contribution in [-0.4, -0.2) is 16.3 Å². The molecule has 1 heterocycles. The van der Waals surface area contributed by atoms with Gasteiger partial charge in [0.2, 0.25) is 0 Å². The summed E-state index contributed by atoms with van der Waals surface area (Å²) in [5, 5.41) is 21.1. The fourth-order valence-electron chi connectivity index (χ4n) is 1.82. The van der Waals surface area contributed by atoms with Gasteiger partial charge in [-0.3, -0.25) is 0 Å². The van der Waals surface area contributed by atoms with Gasteiger partial charge in [-0.05, 0) is 30.7 Å². The van der Waals surface area contributed by atoms with Gasteiger partial charge in [0.15, 0.2) is 0 Å². The summed E-state index contributed by atoms with van der Waals surface area (Å²) in [6.07, 6.45) is -0.430. The van der Waals surface area contributed by atoms with Crippen molar-refractivity contribution >= 4 is 22.6 Å². The van der Waals surface area contributed by atoms with E-state index >= 15 is 0 Å². The van der Waals surface area contributed by atoms with Crippen LogP contribution < -0.4 is 0 Å². The van der Waals surface area contributed by atoms with Gasteiger partial charge in [-0.2, -0.15) is 0 Å². The van der Waals surface area contributed by atoms with Crippen LogP contribution in [0.15, 0.2) is 28.7 Å². The molecule has 92 valence electrons. The Labute approximate surface area is 105 Å². The van der Waals surface area contributed by atoms with Gasteiger partial charge in [0.25, 0.3) is 0 Å². The van der Waals surface area contributed by atoms with Gasteiger partial charge >= 0.3 is 0 Å². The van der Waals surface area contributed by atoms with Crippen molar-refractivity contribution < 1.29 is 14.6 Å². The third-order valence-electron chi connectivity index (χ3n) is 2.74. The lowest BCUT2D eigenvalue weighted by atomic mass is 10.1. The van der Waals surface area contributed by atoms with E-state index in [0.29, 0.717) is 22.8 Å². The molecule has 1 aromatic carbocycles. The molecule has 0 radical (unpaired) electrons. The quantitative estimate of drug-likeness (QED) is 0.880. The molecule has 0 aliphatic rings. The summed E-state index contributed by atoms with van der Waals surface area (Å²) in [6, 6.07) is 6.96. The Morgan fingerprint density at radius 2 is 2.06 bits per heavy atom. The Bertz CT molecular complexity index is 506. The van der Waals surface area contributed by atoms with Gasteiger partial charge in [0.05, 0.1) is 6.10 Å². The molecule has 0 spiro atoms. The van der Waals surface area contributed by atoms with Crippen LogP contribution in [0.4, 0.5) is 0 Å². The van der Waals surface area contributed by atoms with Crippen LogP contribution in [0.2, 0.25) is 5.02 Å². The van der Waals surface area contributed by atoms with Crippen molar-refractivity contribution in [3.8, 4) is 0 Å². The second-order valence-electron chi connectivity index (χ2n) is 4.13. The number of hydrogen-bond donors (Lipinski definition) is 2. The van der Waals surface area contributed by atoms with Gasteiger partial charge in [0, 0.05) is 10.4 Å². The van der Waals surface area contributed by atoms with E-state index < -0.39 is 12.2 Å². The molecular formula is C13H15ClO3. The molecule has 0 amide bonds. The standard InChI is InChI=1S/C13H15ClO3/c1-2-3-10(15)13(16)12-7-8-6-9(14)4-5-11(8)17-12/h4-7,10,13,15-16H,2-3H2,1H3. The normalized spacial score (nSPS) is 15.1. The minimum Gasteiger partial charge on any atom is -0.458 e. The Hall–Kier alpha value is -1.03. The first kappa shape index (κ1) is 12.4. The summed E-state index contributed by atoms with van der Waals surface area (Å²) >= 11 is 5.87. The fraction of sp³-hybridized carbons (Fsp3) is 0.385. The van der Waals surface area contributed by atoms with Crippen LogP contribution in [0.3, 0.4) is 0 Å². The number of fused-ring (bicyclic) bond motifs is 1. The number of aliphatic hydroxyl groups excluding tert-OH is 2. The predicted octanol–water partition coefficient (Wildman–Crippen LogP) is 3.28. The molecule has 2 N–H and O–H groups in total. The predicted molar refractivity (Wildman–Crippen MR) is 67.1 cm³/mol. The first-order chi connectivity index (χ1) is 8.11. The van der Waals surface area contributed by atoms with E-state index in [0.717, 1.165) is 11.8 Å². The Kier molecular flexibility index (Phi) is 3.72. The SMILES string of the molecule is CCCC(O)C(O)c1cc2cc(Cl)ccc2o1. The maximum absolute atomic E-state index is 9.91. The van der Waals surface area contributed by atoms with E-state index in [2.05, 4.69) is 0 Å². The molecule has 0 bridgehead atoms. The van der Waals surface area contributed by atoms with Gasteiger partial charge < -0.3 is 14.6 Å². The van der Waals surface area contributed by atoms with E-state index in [1.165, 1.54) is 0 Å². The number of furan rings is 1. The molecule has 3 nitrogen and oxygen atoms in total. The molecule has 0 fully saturated rings. The summed E-state index contributed by atoms with van der Waals surface area (Å²) in [6.45, 7) is 1.95. The molecule has 4 heteroatoms. The van der Waals surface area contributed by atoms with Crippen LogP contribution >= 0.6 is 11.6 Å². The Balaban J connectivity index is 2.29. The smallest absolute Gasteiger partial charge is 0.137 e. The molecule has 2 unspecified atom stereocenters. The summed E-state index contributed by atoms with van der Waals surface area (Å²) in [5.74, 6) is 0.378. The second kappa shape index (κ2) is 5.08. The highest BCUT2D eigenvalue weighted by Crippen LogP contribution is 2.28. The molecular weight excluding hydrogens is 240 g/mol. The van der Waals surface area contributed by atoms with Crippen LogP contribution in [-0.2, 0) is 0 Å². The average molecular weight is 255 g/mol. The van der Waals surface area contributed by atoms with E-state index in [1.807, 2.05) is 6.92 Å². The lowest BCUT2D eigenvalue weighted by molar-refractivity contribution is 0.00151. The summed E-state index contributed by atoms with van der Waals surface area (Å²) in [7, 11) is 0. The third-order valence-corrected chi connectivity index (χ3v) is 2.97. The third kappa shape index (κ3) is 2.63. The molecule has 2 rings (SSSR count). The van der Waals surface area contributed by atoms with Crippen LogP contribution in [0, 0.1) is 0 Å². The first-order valence-electron chi connectivity index (χ1n) is 5.67. The van der Waals surface area contributed by atoms with Crippen LogP contribution in [0.1, 0.15) is 31.6 Å². The monoisotopic (exact) mass is 254 g/mol.